The third kappa shape index (κ3) is 6.57. The summed E-state index contributed by atoms with van der Waals surface area (Å²) >= 11 is 0. The number of hydrogen-bond donors (Lipinski definition) is 3. The second-order valence-electron chi connectivity index (χ2n) is 11.3. The highest BCUT2D eigenvalue weighted by Crippen LogP contribution is 2.34. The molecular weight excluding hydrogens is 550 g/mol. The summed E-state index contributed by atoms with van der Waals surface area (Å²) in [5, 5.41) is 13.6. The molecule has 2 aliphatic rings. The average molecular weight is 590 g/mol. The van der Waals surface area contributed by atoms with Crippen molar-refractivity contribution in [2.75, 3.05) is 42.0 Å². The molecule has 6 rings (SSSR count). The van der Waals surface area contributed by atoms with Crippen LogP contribution in [0.1, 0.15) is 55.8 Å². The Bertz CT molecular complexity index is 1540. The fourth-order valence-corrected chi connectivity index (χ4v) is 5.79. The average Bonchev–Trinajstić information content (AvgIpc) is 3.38. The van der Waals surface area contributed by atoms with E-state index >= 15 is 0 Å². The van der Waals surface area contributed by atoms with Gasteiger partial charge in [0.15, 0.2) is 0 Å². The minimum absolute atomic E-state index is 0.0243. The standard InChI is InChI=1S/C30H39N9O4/c1-18-13-19(2)34-29(33-18)35-21-5-7-22(8-6-21)43-28-24-14-23(42-20(3)26-17-32-30(37-40)38(26)4)16-31-25(24)15-27(36-28)39-9-11-41-12-10-39/h13-17,20-22,40H,5-12H2,1-4H3,(H,32,37)(H,33,34,35). The zero-order valence-corrected chi connectivity index (χ0v) is 25.1. The van der Waals surface area contributed by atoms with E-state index in [1.807, 2.05) is 46.0 Å². The van der Waals surface area contributed by atoms with Gasteiger partial charge in [0.05, 0.1) is 42.2 Å². The zero-order chi connectivity index (χ0) is 29.9. The molecule has 0 bridgehead atoms. The number of pyridine rings is 2. The molecule has 0 aromatic carbocycles. The van der Waals surface area contributed by atoms with Crippen LogP contribution in [0.5, 0.6) is 11.6 Å². The molecule has 4 aromatic rings. The SMILES string of the molecule is Cc1cc(C)nc(NC2CCC(Oc3nc(N4CCOCC4)cc4ncc(OC(C)c5cnc(NO)n5C)cc34)CC2)n1. The Morgan fingerprint density at radius 3 is 2.42 bits per heavy atom. The lowest BCUT2D eigenvalue weighted by molar-refractivity contribution is 0.122. The summed E-state index contributed by atoms with van der Waals surface area (Å²) in [5.74, 6) is 3.01. The molecule has 43 heavy (non-hydrogen) atoms. The van der Waals surface area contributed by atoms with Gasteiger partial charge >= 0.3 is 0 Å². The van der Waals surface area contributed by atoms with Crippen LogP contribution in [-0.4, -0.2) is 73.1 Å². The Hall–Kier alpha value is -4.23. The van der Waals surface area contributed by atoms with Crippen LogP contribution in [0.4, 0.5) is 17.7 Å². The molecule has 0 amide bonds. The number of aromatic nitrogens is 6. The zero-order valence-electron chi connectivity index (χ0n) is 25.1. The maximum absolute atomic E-state index is 9.28. The molecule has 0 radical (unpaired) electrons. The van der Waals surface area contributed by atoms with Crippen LogP contribution in [0.15, 0.2) is 30.6 Å². The van der Waals surface area contributed by atoms with Gasteiger partial charge in [-0.15, -0.1) is 0 Å². The van der Waals surface area contributed by atoms with Gasteiger partial charge in [-0.3, -0.25) is 10.2 Å². The van der Waals surface area contributed by atoms with Gasteiger partial charge in [-0.25, -0.2) is 20.4 Å². The first kappa shape index (κ1) is 28.9. The summed E-state index contributed by atoms with van der Waals surface area (Å²) in [5.41, 5.74) is 5.61. The van der Waals surface area contributed by atoms with E-state index in [0.717, 1.165) is 72.6 Å². The molecule has 1 unspecified atom stereocenters. The smallest absolute Gasteiger partial charge is 0.227 e. The number of hydrogen-bond acceptors (Lipinski definition) is 12. The highest BCUT2D eigenvalue weighted by molar-refractivity contribution is 5.87. The fraction of sp³-hybridized carbons (Fsp3) is 0.500. The molecule has 13 nitrogen and oxygen atoms in total. The topological polar surface area (TPSA) is 145 Å². The third-order valence-corrected chi connectivity index (χ3v) is 8.06. The lowest BCUT2D eigenvalue weighted by Gasteiger charge is -2.31. The maximum atomic E-state index is 9.28. The van der Waals surface area contributed by atoms with Gasteiger partial charge < -0.3 is 29.0 Å². The molecule has 228 valence electrons. The van der Waals surface area contributed by atoms with Crippen LogP contribution < -0.4 is 25.2 Å². The number of morpholine rings is 1. The first-order valence-corrected chi connectivity index (χ1v) is 14.8. The Morgan fingerprint density at radius 2 is 1.72 bits per heavy atom. The van der Waals surface area contributed by atoms with E-state index in [9.17, 15) is 5.21 Å². The lowest BCUT2D eigenvalue weighted by atomic mass is 9.93. The molecule has 3 N–H and O–H groups in total. The Kier molecular flexibility index (Phi) is 8.43. The van der Waals surface area contributed by atoms with Crippen LogP contribution >= 0.6 is 0 Å². The largest absolute Gasteiger partial charge is 0.483 e. The number of imidazole rings is 1. The van der Waals surface area contributed by atoms with Crippen LogP contribution in [0, 0.1) is 13.8 Å². The van der Waals surface area contributed by atoms with Crippen molar-refractivity contribution < 1.29 is 19.4 Å². The first-order chi connectivity index (χ1) is 20.9. The van der Waals surface area contributed by atoms with Gasteiger partial charge in [-0.2, -0.15) is 4.98 Å². The van der Waals surface area contributed by atoms with Crippen LogP contribution in [0.3, 0.4) is 0 Å². The van der Waals surface area contributed by atoms with E-state index in [1.165, 1.54) is 0 Å². The van der Waals surface area contributed by atoms with Crippen molar-refractivity contribution in [2.45, 2.75) is 64.7 Å². The van der Waals surface area contributed by atoms with E-state index in [2.05, 4.69) is 30.6 Å². The summed E-state index contributed by atoms with van der Waals surface area (Å²) in [6.07, 6.45) is 6.73. The summed E-state index contributed by atoms with van der Waals surface area (Å²) in [6, 6.07) is 6.22. The van der Waals surface area contributed by atoms with E-state index in [0.29, 0.717) is 42.8 Å². The fourth-order valence-electron chi connectivity index (χ4n) is 5.79. The monoisotopic (exact) mass is 589 g/mol. The van der Waals surface area contributed by atoms with Crippen molar-refractivity contribution in [2.24, 2.45) is 7.05 Å². The molecule has 0 spiro atoms. The molecule has 1 aliphatic carbocycles. The van der Waals surface area contributed by atoms with Gasteiger partial charge in [0.1, 0.15) is 23.8 Å². The number of aryl methyl sites for hydroxylation is 2. The number of rotatable bonds is 9. The van der Waals surface area contributed by atoms with Crippen LogP contribution in [-0.2, 0) is 11.8 Å². The Labute approximate surface area is 250 Å². The van der Waals surface area contributed by atoms with Crippen molar-refractivity contribution in [3.05, 3.63) is 47.7 Å². The van der Waals surface area contributed by atoms with Crippen molar-refractivity contribution in [3.8, 4) is 11.6 Å². The molecule has 1 atom stereocenters. The van der Waals surface area contributed by atoms with Gasteiger partial charge in [0, 0.05) is 43.6 Å². The summed E-state index contributed by atoms with van der Waals surface area (Å²) in [6.45, 7) is 8.76. The second-order valence-corrected chi connectivity index (χ2v) is 11.3. The minimum Gasteiger partial charge on any atom is -0.483 e. The van der Waals surface area contributed by atoms with Gasteiger partial charge in [-0.05, 0) is 58.6 Å². The molecule has 2 fully saturated rings. The minimum atomic E-state index is -0.340. The first-order valence-electron chi connectivity index (χ1n) is 14.8. The van der Waals surface area contributed by atoms with Crippen molar-refractivity contribution in [1.29, 1.82) is 0 Å². The van der Waals surface area contributed by atoms with E-state index in [4.69, 9.17) is 24.2 Å². The number of fused-ring (bicyclic) bond motifs is 1. The number of ether oxygens (including phenoxy) is 3. The van der Waals surface area contributed by atoms with Crippen molar-refractivity contribution >= 4 is 28.6 Å². The Morgan fingerprint density at radius 1 is 0.977 bits per heavy atom. The van der Waals surface area contributed by atoms with Gasteiger partial charge in [0.2, 0.25) is 17.8 Å². The molecule has 5 heterocycles. The van der Waals surface area contributed by atoms with Crippen LogP contribution in [0.25, 0.3) is 10.9 Å². The van der Waals surface area contributed by atoms with Crippen molar-refractivity contribution in [3.63, 3.8) is 0 Å². The van der Waals surface area contributed by atoms with E-state index in [1.54, 1.807) is 17.0 Å². The van der Waals surface area contributed by atoms with Gasteiger partial charge in [0.25, 0.3) is 0 Å². The molecule has 1 saturated carbocycles. The summed E-state index contributed by atoms with van der Waals surface area (Å²) in [4.78, 5) is 25.2. The highest BCUT2D eigenvalue weighted by atomic mass is 16.5. The lowest BCUT2D eigenvalue weighted by Crippen LogP contribution is -2.37. The molecular formula is C30H39N9O4. The quantitative estimate of drug-likeness (QED) is 0.239. The summed E-state index contributed by atoms with van der Waals surface area (Å²) < 4.78 is 20.2. The summed E-state index contributed by atoms with van der Waals surface area (Å²) in [7, 11) is 1.81. The normalized spacial score (nSPS) is 19.7. The number of nitrogens with zero attached hydrogens (tertiary/aromatic N) is 7. The van der Waals surface area contributed by atoms with Gasteiger partial charge in [-0.1, -0.05) is 0 Å². The maximum Gasteiger partial charge on any atom is 0.227 e. The predicted octanol–water partition coefficient (Wildman–Crippen LogP) is 4.35. The predicted molar refractivity (Wildman–Crippen MR) is 162 cm³/mol. The molecule has 4 aromatic heterocycles. The number of anilines is 3. The Balaban J connectivity index is 1.21. The van der Waals surface area contributed by atoms with Crippen molar-refractivity contribution in [1.82, 2.24) is 29.5 Å². The molecule has 13 heteroatoms. The number of nitrogens with one attached hydrogen (secondary N) is 2. The van der Waals surface area contributed by atoms with E-state index in [-0.39, 0.29) is 12.2 Å². The highest BCUT2D eigenvalue weighted by Gasteiger charge is 2.26. The second kappa shape index (κ2) is 12.6. The van der Waals surface area contributed by atoms with E-state index < -0.39 is 0 Å². The third-order valence-electron chi connectivity index (χ3n) is 8.06. The van der Waals surface area contributed by atoms with Crippen LogP contribution in [0.2, 0.25) is 0 Å². The molecule has 1 saturated heterocycles. The molecule has 1 aliphatic heterocycles.